The summed E-state index contributed by atoms with van der Waals surface area (Å²) in [5, 5.41) is 24.8. The molecular formula is C29H33ClN2O3S. The van der Waals surface area contributed by atoms with E-state index < -0.39 is 5.97 Å². The summed E-state index contributed by atoms with van der Waals surface area (Å²) in [5.41, 5.74) is 4.39. The normalized spacial score (nSPS) is 13.0. The molecule has 2 aromatic heterocycles. The van der Waals surface area contributed by atoms with Crippen LogP contribution in [0.4, 0.5) is 0 Å². The molecular weight excluding hydrogens is 492 g/mol. The van der Waals surface area contributed by atoms with Gasteiger partial charge in [0.05, 0.1) is 11.2 Å². The van der Waals surface area contributed by atoms with Crippen LogP contribution in [0.5, 0.6) is 5.75 Å². The quantitative estimate of drug-likeness (QED) is 0.276. The number of hydrogen-bond donors (Lipinski definition) is 2. The van der Waals surface area contributed by atoms with E-state index in [0.29, 0.717) is 28.0 Å². The molecule has 2 aromatic carbocycles. The van der Waals surface area contributed by atoms with Gasteiger partial charge in [0.15, 0.2) is 5.75 Å². The molecule has 0 spiro atoms. The van der Waals surface area contributed by atoms with Crippen molar-refractivity contribution in [3.63, 3.8) is 0 Å². The lowest BCUT2D eigenvalue weighted by Crippen LogP contribution is -2.21. The molecule has 5 rings (SSSR count). The Labute approximate surface area is 221 Å². The monoisotopic (exact) mass is 524 g/mol. The molecule has 0 radical (unpaired) electrons. The van der Waals surface area contributed by atoms with Gasteiger partial charge in [0, 0.05) is 21.5 Å². The van der Waals surface area contributed by atoms with Gasteiger partial charge >= 0.3 is 5.97 Å². The third kappa shape index (κ3) is 5.36. The zero-order valence-electron chi connectivity index (χ0n) is 21.1. The van der Waals surface area contributed by atoms with E-state index in [1.807, 2.05) is 29.6 Å². The van der Waals surface area contributed by atoms with E-state index in [2.05, 4.69) is 25.7 Å². The van der Waals surface area contributed by atoms with E-state index in [1.165, 1.54) is 25.2 Å². The maximum absolute atomic E-state index is 12.0. The Kier molecular flexibility index (Phi) is 8.50. The average molecular weight is 525 g/mol. The lowest BCUT2D eigenvalue weighted by Gasteiger charge is -2.19. The Morgan fingerprint density at radius 1 is 1.06 bits per heavy atom. The predicted molar refractivity (Wildman–Crippen MR) is 150 cm³/mol. The summed E-state index contributed by atoms with van der Waals surface area (Å²) < 4.78 is 1.10. The molecule has 36 heavy (non-hydrogen) atoms. The van der Waals surface area contributed by atoms with Gasteiger partial charge in [-0.15, -0.1) is 11.3 Å². The third-order valence-corrected chi connectivity index (χ3v) is 8.31. The number of thiophene rings is 1. The average Bonchev–Trinajstić information content (AvgIpc) is 3.27. The molecule has 0 saturated carbocycles. The second-order valence-corrected chi connectivity index (χ2v) is 10.4. The van der Waals surface area contributed by atoms with Crippen LogP contribution in [-0.2, 0) is 19.3 Å². The highest BCUT2D eigenvalue weighted by atomic mass is 35.5. The first-order chi connectivity index (χ1) is 17.4. The Balaban J connectivity index is 0.000000384. The van der Waals surface area contributed by atoms with Gasteiger partial charge in [-0.3, -0.25) is 0 Å². The fourth-order valence-corrected chi connectivity index (χ4v) is 6.09. The van der Waals surface area contributed by atoms with Gasteiger partial charge < -0.3 is 15.1 Å². The number of benzene rings is 2. The number of carboxylic acid groups (broad SMARTS) is 1. The van der Waals surface area contributed by atoms with Crippen molar-refractivity contribution in [1.29, 1.82) is 0 Å². The van der Waals surface area contributed by atoms with E-state index in [1.54, 1.807) is 17.4 Å². The summed E-state index contributed by atoms with van der Waals surface area (Å²) in [5.74, 6) is -1.38. The Hall–Kier alpha value is -2.67. The first kappa shape index (κ1) is 26.4. The van der Waals surface area contributed by atoms with Crippen LogP contribution in [0, 0.1) is 0 Å². The highest BCUT2D eigenvalue weighted by Gasteiger charge is 2.24. The smallest absolute Gasteiger partial charge is 0.340 e. The van der Waals surface area contributed by atoms with Gasteiger partial charge in [0.1, 0.15) is 5.56 Å². The minimum atomic E-state index is -1.13. The lowest BCUT2D eigenvalue weighted by atomic mass is 9.88. The highest BCUT2D eigenvalue weighted by Crippen LogP contribution is 2.37. The van der Waals surface area contributed by atoms with Crippen molar-refractivity contribution < 1.29 is 15.0 Å². The van der Waals surface area contributed by atoms with Crippen molar-refractivity contribution in [1.82, 2.24) is 9.88 Å². The number of aromatic hydroxyl groups is 1. The Morgan fingerprint density at radius 2 is 1.78 bits per heavy atom. The first-order valence-corrected chi connectivity index (χ1v) is 13.9. The molecule has 2 heterocycles. The van der Waals surface area contributed by atoms with Crippen LogP contribution < -0.4 is 0 Å². The number of pyridine rings is 1. The molecule has 0 saturated heterocycles. The molecule has 190 valence electrons. The van der Waals surface area contributed by atoms with Crippen LogP contribution in [-0.4, -0.2) is 45.7 Å². The van der Waals surface area contributed by atoms with Crippen LogP contribution in [0.15, 0.2) is 35.7 Å². The molecule has 1 aliphatic rings. The summed E-state index contributed by atoms with van der Waals surface area (Å²) in [4.78, 5) is 19.2. The van der Waals surface area contributed by atoms with E-state index in [0.717, 1.165) is 46.9 Å². The van der Waals surface area contributed by atoms with Crippen molar-refractivity contribution in [3.8, 4) is 5.75 Å². The Bertz CT molecular complexity index is 1390. The Morgan fingerprint density at radius 3 is 2.44 bits per heavy atom. The van der Waals surface area contributed by atoms with E-state index >= 15 is 0 Å². The predicted octanol–water partition coefficient (Wildman–Crippen LogP) is 7.32. The lowest BCUT2D eigenvalue weighted by molar-refractivity contribution is 0.0695. The number of carboxylic acids is 1. The van der Waals surface area contributed by atoms with Crippen molar-refractivity contribution in [2.75, 3.05) is 19.6 Å². The molecule has 0 unspecified atom stereocenters. The number of hydrogen-bond acceptors (Lipinski definition) is 5. The molecule has 1 aliphatic carbocycles. The topological polar surface area (TPSA) is 73.7 Å². The number of aromatic carboxylic acids is 1. The van der Waals surface area contributed by atoms with Gasteiger partial charge in [-0.2, -0.15) is 0 Å². The van der Waals surface area contributed by atoms with Gasteiger partial charge in [0.25, 0.3) is 0 Å². The zero-order chi connectivity index (χ0) is 25.8. The molecule has 0 bridgehead atoms. The summed E-state index contributed by atoms with van der Waals surface area (Å²) in [6.07, 6.45) is 4.43. The second-order valence-electron chi connectivity index (χ2n) is 9.09. The molecule has 0 atom stereocenters. The van der Waals surface area contributed by atoms with E-state index in [4.69, 9.17) is 16.6 Å². The molecule has 5 nitrogen and oxygen atoms in total. The van der Waals surface area contributed by atoms with Crippen molar-refractivity contribution in [3.05, 3.63) is 68.7 Å². The van der Waals surface area contributed by atoms with Gasteiger partial charge in [-0.05, 0) is 91.0 Å². The minimum absolute atomic E-state index is 0.0593. The summed E-state index contributed by atoms with van der Waals surface area (Å²) in [7, 11) is 0. The molecule has 2 N–H and O–H groups in total. The number of nitrogens with zero attached hydrogens (tertiary/aromatic N) is 2. The molecule has 0 amide bonds. The summed E-state index contributed by atoms with van der Waals surface area (Å²) >= 11 is 7.77. The number of aryl methyl sites for hydroxylation is 2. The van der Waals surface area contributed by atoms with Gasteiger partial charge in [0.2, 0.25) is 0 Å². The third-order valence-electron chi connectivity index (χ3n) is 7.06. The largest absolute Gasteiger partial charge is 0.505 e. The molecule has 7 heteroatoms. The van der Waals surface area contributed by atoms with Gasteiger partial charge in [-0.25, -0.2) is 9.78 Å². The van der Waals surface area contributed by atoms with E-state index in [9.17, 15) is 15.0 Å². The number of carbonyl (C=O) groups is 1. The number of fused-ring (bicyclic) bond motifs is 4. The second kappa shape index (κ2) is 11.6. The van der Waals surface area contributed by atoms with Crippen LogP contribution in [0.3, 0.4) is 0 Å². The SMILES string of the molecule is CCN(CC)CC.O=C(O)c1c(O)c(Cc2csc3ccc(Cl)cc23)nc2c3c(ccc12)CCCC3. The number of rotatable bonds is 6. The van der Waals surface area contributed by atoms with Crippen molar-refractivity contribution in [2.24, 2.45) is 0 Å². The number of halogens is 1. The van der Waals surface area contributed by atoms with Crippen LogP contribution >= 0.6 is 22.9 Å². The molecule has 4 aromatic rings. The van der Waals surface area contributed by atoms with Crippen molar-refractivity contribution in [2.45, 2.75) is 52.9 Å². The summed E-state index contributed by atoms with van der Waals surface area (Å²) in [6.45, 7) is 10.1. The molecule has 0 fully saturated rings. The fourth-order valence-electron chi connectivity index (χ4n) is 4.98. The fraction of sp³-hybridized carbons (Fsp3) is 0.379. The maximum Gasteiger partial charge on any atom is 0.340 e. The van der Waals surface area contributed by atoms with Crippen molar-refractivity contribution >= 4 is 49.9 Å². The first-order valence-electron chi connectivity index (χ1n) is 12.6. The van der Waals surface area contributed by atoms with E-state index in [-0.39, 0.29) is 11.3 Å². The highest BCUT2D eigenvalue weighted by molar-refractivity contribution is 7.17. The zero-order valence-corrected chi connectivity index (χ0v) is 22.7. The summed E-state index contributed by atoms with van der Waals surface area (Å²) in [6, 6.07) is 9.50. The maximum atomic E-state index is 12.0. The van der Waals surface area contributed by atoms with Crippen LogP contribution in [0.1, 0.15) is 66.4 Å². The van der Waals surface area contributed by atoms with Gasteiger partial charge in [-0.1, -0.05) is 44.5 Å². The van der Waals surface area contributed by atoms with Crippen LogP contribution in [0.2, 0.25) is 5.02 Å². The standard InChI is InChI=1S/C23H18ClNO3S.C6H15N/c24-14-6-8-19-17(10-14)13(11-29-19)9-18-22(26)20(23(27)28)16-7-5-12-3-1-2-4-15(12)21(16)25-18;1-4-7(5-2)6-3/h5-8,10-11,26H,1-4,9H2,(H,27,28);4-6H2,1-3H3. The molecule has 0 aliphatic heterocycles. The number of aromatic nitrogens is 1. The van der Waals surface area contributed by atoms with Crippen LogP contribution in [0.25, 0.3) is 21.0 Å². The minimum Gasteiger partial charge on any atom is -0.505 e.